The van der Waals surface area contributed by atoms with Crippen LogP contribution in [0, 0.1) is 51.2 Å². The van der Waals surface area contributed by atoms with Crippen molar-refractivity contribution in [3.05, 3.63) is 72.3 Å². The molecule has 0 N–H and O–H groups in total. The highest BCUT2D eigenvalue weighted by molar-refractivity contribution is 5.94. The van der Waals surface area contributed by atoms with Crippen molar-refractivity contribution >= 4 is 11.9 Å². The zero-order chi connectivity index (χ0) is 34.1. The molecule has 0 unspecified atom stereocenters. The van der Waals surface area contributed by atoms with Gasteiger partial charge in [-0.1, -0.05) is 32.9 Å². The van der Waals surface area contributed by atoms with Gasteiger partial charge in [0.2, 0.25) is 0 Å². The Bertz CT molecular complexity index is 1560. The van der Waals surface area contributed by atoms with Crippen LogP contribution >= 0.6 is 0 Å². The summed E-state index contributed by atoms with van der Waals surface area (Å²) in [6.07, 6.45) is 18.4. The molecule has 7 rings (SSSR count). The predicted octanol–water partition coefficient (Wildman–Crippen LogP) is 9.19. The zero-order valence-corrected chi connectivity index (χ0v) is 30.3. The number of ether oxygens (including phenoxy) is 1. The van der Waals surface area contributed by atoms with E-state index in [1.165, 1.54) is 37.7 Å². The average Bonchev–Trinajstić information content (AvgIpc) is 3.42. The number of aromatic nitrogens is 2. The summed E-state index contributed by atoms with van der Waals surface area (Å²) in [4.78, 5) is 37.8. The minimum atomic E-state index is -0.253. The van der Waals surface area contributed by atoms with Gasteiger partial charge in [-0.15, -0.1) is 0 Å². The van der Waals surface area contributed by atoms with E-state index < -0.39 is 0 Å². The molecule has 1 aliphatic heterocycles. The Kier molecular flexibility index (Phi) is 8.23. The Balaban J connectivity index is 1.19. The van der Waals surface area contributed by atoms with E-state index in [1.54, 1.807) is 36.9 Å². The number of nitrogens with zero attached hydrogens (tertiary/aromatic N) is 3. The summed E-state index contributed by atoms with van der Waals surface area (Å²) in [6.45, 7) is 20.7. The molecule has 2 aromatic rings. The van der Waals surface area contributed by atoms with Crippen molar-refractivity contribution in [1.29, 1.82) is 0 Å². The molecule has 1 saturated heterocycles. The first-order valence-corrected chi connectivity index (χ1v) is 18.7. The minimum Gasteiger partial charge on any atom is -0.461 e. The lowest BCUT2D eigenvalue weighted by Gasteiger charge is -2.71. The molecule has 6 nitrogen and oxygen atoms in total. The van der Waals surface area contributed by atoms with Crippen molar-refractivity contribution in [2.75, 3.05) is 13.2 Å². The summed E-state index contributed by atoms with van der Waals surface area (Å²) in [5.74, 6) is 2.46. The second-order valence-electron chi connectivity index (χ2n) is 17.8. The number of esters is 1. The number of rotatable bonds is 5. The summed E-state index contributed by atoms with van der Waals surface area (Å²) >= 11 is 0. The molecule has 258 valence electrons. The monoisotopic (exact) mass is 651 g/mol. The molecule has 0 bridgehead atoms. The van der Waals surface area contributed by atoms with Gasteiger partial charge in [-0.3, -0.25) is 14.8 Å². The second-order valence-corrected chi connectivity index (χ2v) is 17.8. The second kappa shape index (κ2) is 11.8. The van der Waals surface area contributed by atoms with E-state index in [9.17, 15) is 9.59 Å². The van der Waals surface area contributed by atoms with E-state index in [0.29, 0.717) is 47.3 Å². The van der Waals surface area contributed by atoms with Crippen LogP contribution in [-0.2, 0) is 4.74 Å². The summed E-state index contributed by atoms with van der Waals surface area (Å²) in [5, 5.41) is 0. The lowest BCUT2D eigenvalue weighted by atomic mass is 9.33. The van der Waals surface area contributed by atoms with Crippen LogP contribution in [0.15, 0.2) is 61.2 Å². The highest BCUT2D eigenvalue weighted by Gasteiger charge is 2.70. The van der Waals surface area contributed by atoms with E-state index in [-0.39, 0.29) is 39.1 Å². The number of allylic oxidation sites excluding steroid dienone is 1. The van der Waals surface area contributed by atoms with Crippen LogP contribution in [-0.4, -0.2) is 45.4 Å². The molecule has 6 heteroatoms. The van der Waals surface area contributed by atoms with E-state index in [0.717, 1.165) is 38.6 Å². The quantitative estimate of drug-likeness (QED) is 0.238. The standard InChI is InChI=1S/C42H57N3O3/c1-28(2)31-15-19-42(27-48-37(47)30-12-9-23-44-26-30)21-20-40(6)32(35(31)42)13-14-34-39(5)17-10-24-45(36(46)29-11-8-22-43-25-29)38(3,4)33(39)16-18-41(34,40)7/h8-9,11-12,22-23,25-26,31-35H,1,10,13-21,24,27H2,2-7H3/t31-,32+,33-,34+,35+,39-,40+,41+,42+/m0/s1. The van der Waals surface area contributed by atoms with Crippen LogP contribution < -0.4 is 0 Å². The third-order valence-corrected chi connectivity index (χ3v) is 15.7. The maximum absolute atomic E-state index is 14.0. The van der Waals surface area contributed by atoms with Gasteiger partial charge in [0.1, 0.15) is 0 Å². The topological polar surface area (TPSA) is 72.4 Å². The molecule has 4 saturated carbocycles. The number of hydrogen-bond donors (Lipinski definition) is 0. The molecule has 48 heavy (non-hydrogen) atoms. The van der Waals surface area contributed by atoms with E-state index in [1.807, 2.05) is 12.1 Å². The summed E-state index contributed by atoms with van der Waals surface area (Å²) in [6, 6.07) is 7.39. The molecule has 2 aromatic heterocycles. The fraction of sp³-hybridized carbons (Fsp3) is 0.667. The Morgan fingerprint density at radius 1 is 0.854 bits per heavy atom. The number of fused-ring (bicyclic) bond motifs is 7. The predicted molar refractivity (Wildman–Crippen MR) is 189 cm³/mol. The number of carbonyl (C=O) groups is 2. The van der Waals surface area contributed by atoms with Gasteiger partial charge >= 0.3 is 5.97 Å². The number of amides is 1. The number of pyridine rings is 2. The Morgan fingerprint density at radius 2 is 1.56 bits per heavy atom. The molecular weight excluding hydrogens is 594 g/mol. The van der Waals surface area contributed by atoms with Crippen molar-refractivity contribution in [2.45, 2.75) is 111 Å². The van der Waals surface area contributed by atoms with Gasteiger partial charge in [0.15, 0.2) is 0 Å². The van der Waals surface area contributed by atoms with Crippen LogP contribution in [0.1, 0.15) is 126 Å². The summed E-state index contributed by atoms with van der Waals surface area (Å²) in [5.41, 5.74) is 2.86. The van der Waals surface area contributed by atoms with Gasteiger partial charge < -0.3 is 9.64 Å². The van der Waals surface area contributed by atoms with Crippen LogP contribution in [0.4, 0.5) is 0 Å². The van der Waals surface area contributed by atoms with Crippen LogP contribution in [0.25, 0.3) is 0 Å². The first-order valence-electron chi connectivity index (χ1n) is 18.7. The maximum atomic E-state index is 14.0. The molecule has 0 spiro atoms. The van der Waals surface area contributed by atoms with Crippen LogP contribution in [0.2, 0.25) is 0 Å². The molecule has 5 fully saturated rings. The van der Waals surface area contributed by atoms with Gasteiger partial charge in [-0.25, -0.2) is 4.79 Å². The SMILES string of the molecule is C=C(C)[C@@H]1CC[C@]2(COC(=O)c3cccnc3)CC[C@]3(C)[C@H](CC[C@@H]4[C@@]5(C)CCCN(C(=O)c6cccnc6)C(C)(C)[C@@H]5CC[C@]43C)[C@@H]12. The van der Waals surface area contributed by atoms with Crippen molar-refractivity contribution in [2.24, 2.45) is 51.2 Å². The highest BCUT2D eigenvalue weighted by Crippen LogP contribution is 2.76. The number of hydrogen-bond acceptors (Lipinski definition) is 5. The highest BCUT2D eigenvalue weighted by atomic mass is 16.5. The molecule has 4 aliphatic carbocycles. The number of likely N-dealkylation sites (tertiary alicyclic amines) is 1. The Hall–Kier alpha value is -3.02. The third kappa shape index (κ3) is 4.85. The molecule has 1 amide bonds. The van der Waals surface area contributed by atoms with Gasteiger partial charge in [-0.2, -0.15) is 0 Å². The Morgan fingerprint density at radius 3 is 2.23 bits per heavy atom. The van der Waals surface area contributed by atoms with Crippen molar-refractivity contribution in [1.82, 2.24) is 14.9 Å². The lowest BCUT2D eigenvalue weighted by Crippen LogP contribution is -2.66. The largest absolute Gasteiger partial charge is 0.461 e. The minimum absolute atomic E-state index is 0.00737. The molecule has 0 radical (unpaired) electrons. The van der Waals surface area contributed by atoms with Crippen LogP contribution in [0.3, 0.4) is 0 Å². The van der Waals surface area contributed by atoms with Crippen molar-refractivity contribution in [3.63, 3.8) is 0 Å². The smallest absolute Gasteiger partial charge is 0.339 e. The van der Waals surface area contributed by atoms with Gasteiger partial charge in [0.25, 0.3) is 5.91 Å². The van der Waals surface area contributed by atoms with E-state index in [2.05, 4.69) is 63.0 Å². The number of carbonyl (C=O) groups excluding carboxylic acids is 2. The summed E-state index contributed by atoms with van der Waals surface area (Å²) in [7, 11) is 0. The summed E-state index contributed by atoms with van der Waals surface area (Å²) < 4.78 is 6.18. The van der Waals surface area contributed by atoms with Gasteiger partial charge in [0, 0.05) is 42.3 Å². The fourth-order valence-corrected chi connectivity index (χ4v) is 13.3. The van der Waals surface area contributed by atoms with E-state index in [4.69, 9.17) is 4.74 Å². The first kappa shape index (κ1) is 33.5. The average molecular weight is 652 g/mol. The maximum Gasteiger partial charge on any atom is 0.339 e. The van der Waals surface area contributed by atoms with Gasteiger partial charge in [-0.05, 0) is 155 Å². The molecule has 0 aromatic carbocycles. The molecular formula is C42H57N3O3. The zero-order valence-electron chi connectivity index (χ0n) is 30.3. The lowest BCUT2D eigenvalue weighted by molar-refractivity contribution is -0.228. The van der Waals surface area contributed by atoms with Crippen molar-refractivity contribution < 1.29 is 14.3 Å². The van der Waals surface area contributed by atoms with Crippen molar-refractivity contribution in [3.8, 4) is 0 Å². The van der Waals surface area contributed by atoms with Gasteiger partial charge in [0.05, 0.1) is 17.7 Å². The normalized spacial score (nSPS) is 40.0. The molecule has 9 atom stereocenters. The van der Waals surface area contributed by atoms with E-state index >= 15 is 0 Å². The molecule has 3 heterocycles. The fourth-order valence-electron chi connectivity index (χ4n) is 13.3. The first-order chi connectivity index (χ1) is 22.8. The Labute approximate surface area is 288 Å². The van der Waals surface area contributed by atoms with Crippen LogP contribution in [0.5, 0.6) is 0 Å². The molecule has 5 aliphatic rings. The third-order valence-electron chi connectivity index (χ3n) is 15.7.